The van der Waals surface area contributed by atoms with E-state index in [1.807, 2.05) is 0 Å². The second-order valence-corrected chi connectivity index (χ2v) is 5.56. The van der Waals surface area contributed by atoms with Crippen LogP contribution in [0.5, 0.6) is 5.75 Å². The minimum Gasteiger partial charge on any atom is -0.497 e. The van der Waals surface area contributed by atoms with E-state index >= 15 is 0 Å². The van der Waals surface area contributed by atoms with E-state index in [-0.39, 0.29) is 5.69 Å². The van der Waals surface area contributed by atoms with Gasteiger partial charge in [-0.2, -0.15) is 0 Å². The van der Waals surface area contributed by atoms with Crippen molar-refractivity contribution in [1.29, 1.82) is 0 Å². The van der Waals surface area contributed by atoms with Crippen LogP contribution in [0.2, 0.25) is 0 Å². The highest BCUT2D eigenvalue weighted by atomic mass is 16.5. The molecule has 0 saturated heterocycles. The van der Waals surface area contributed by atoms with Crippen molar-refractivity contribution in [3.63, 3.8) is 0 Å². The number of methoxy groups -OCH3 is 1. The van der Waals surface area contributed by atoms with Crippen LogP contribution in [0.4, 0.5) is 11.4 Å². The molecule has 6 heteroatoms. The van der Waals surface area contributed by atoms with E-state index in [4.69, 9.17) is 9.47 Å². The molecule has 3 aromatic rings. The maximum atomic E-state index is 12.0. The zero-order valence-corrected chi connectivity index (χ0v) is 14.4. The van der Waals surface area contributed by atoms with Crippen LogP contribution >= 0.6 is 0 Å². The topological polar surface area (TPSA) is 81.7 Å². The number of anilines is 2. The molecule has 0 aromatic heterocycles. The van der Waals surface area contributed by atoms with Gasteiger partial charge in [0.05, 0.1) is 24.8 Å². The van der Waals surface area contributed by atoms with Crippen molar-refractivity contribution in [1.82, 2.24) is 0 Å². The van der Waals surface area contributed by atoms with Gasteiger partial charge in [0.1, 0.15) is 11.4 Å². The molecule has 0 heterocycles. The van der Waals surface area contributed by atoms with Crippen LogP contribution in [-0.2, 0) is 4.74 Å². The fraction of sp³-hybridized carbons (Fsp3) is 0.150. The first kappa shape index (κ1) is 17.4. The summed E-state index contributed by atoms with van der Waals surface area (Å²) in [5, 5.41) is 2.96. The Kier molecular flexibility index (Phi) is 4.84. The first-order chi connectivity index (χ1) is 12.5. The third kappa shape index (κ3) is 3.21. The number of hydrogen-bond donors (Lipinski definition) is 1. The van der Waals surface area contributed by atoms with Crippen molar-refractivity contribution in [2.45, 2.75) is 6.92 Å². The molecule has 0 aliphatic heterocycles. The monoisotopic (exact) mass is 351 g/mol. The number of rotatable bonds is 6. The molecule has 0 bridgehead atoms. The highest BCUT2D eigenvalue weighted by molar-refractivity contribution is 5.90. The molecule has 3 rings (SSSR count). The van der Waals surface area contributed by atoms with Gasteiger partial charge in [0.25, 0.3) is 5.43 Å². The predicted octanol–water partition coefficient (Wildman–Crippen LogP) is 2.88. The second-order valence-electron chi connectivity index (χ2n) is 5.56. The molecule has 6 nitrogen and oxygen atoms in total. The quantitative estimate of drug-likeness (QED) is 0.543. The van der Waals surface area contributed by atoms with Gasteiger partial charge in [0.15, 0.2) is 0 Å². The average molecular weight is 351 g/mol. The lowest BCUT2D eigenvalue weighted by molar-refractivity contribution is 0.0526. The van der Waals surface area contributed by atoms with Gasteiger partial charge in [-0.15, -0.1) is 0 Å². The average Bonchev–Trinajstić information content (AvgIpc) is 2.68. The minimum atomic E-state index is -0.565. The smallest absolute Gasteiger partial charge is 0.338 e. The molecule has 26 heavy (non-hydrogen) atoms. The van der Waals surface area contributed by atoms with E-state index in [9.17, 15) is 14.4 Å². The normalized spacial score (nSPS) is 10.5. The van der Waals surface area contributed by atoms with Gasteiger partial charge in [-0.25, -0.2) is 4.79 Å². The van der Waals surface area contributed by atoms with Crippen LogP contribution in [0, 0.1) is 0 Å². The van der Waals surface area contributed by atoms with E-state index in [2.05, 4.69) is 5.32 Å². The molecule has 0 radical (unpaired) electrons. The summed E-state index contributed by atoms with van der Waals surface area (Å²) in [5.74, 6) is 0.253. The number of carbonyl (C=O) groups is 1. The Morgan fingerprint density at radius 3 is 2.19 bits per heavy atom. The van der Waals surface area contributed by atoms with E-state index in [0.29, 0.717) is 34.7 Å². The van der Waals surface area contributed by atoms with Crippen molar-refractivity contribution >= 4 is 17.3 Å². The lowest BCUT2D eigenvalue weighted by atomic mass is 9.98. The van der Waals surface area contributed by atoms with Crippen molar-refractivity contribution < 1.29 is 14.3 Å². The van der Waals surface area contributed by atoms with Crippen molar-refractivity contribution in [2.75, 3.05) is 19.0 Å². The lowest BCUT2D eigenvalue weighted by Gasteiger charge is -2.14. The summed E-state index contributed by atoms with van der Waals surface area (Å²) in [5.41, 5.74) is 1.14. The van der Waals surface area contributed by atoms with Crippen LogP contribution in [0.15, 0.2) is 58.1 Å². The van der Waals surface area contributed by atoms with Crippen molar-refractivity contribution in [2.24, 2.45) is 0 Å². The molecule has 0 aliphatic rings. The summed E-state index contributed by atoms with van der Waals surface area (Å²) in [6.45, 7) is 2.04. The van der Waals surface area contributed by atoms with E-state index in [1.54, 1.807) is 62.6 Å². The molecule has 0 fully saturated rings. The summed E-state index contributed by atoms with van der Waals surface area (Å²) in [6.07, 6.45) is 0. The Labute approximate surface area is 149 Å². The van der Waals surface area contributed by atoms with Crippen LogP contribution in [0.1, 0.15) is 17.3 Å². The number of esters is 1. The molecule has 132 valence electrons. The first-order valence-electron chi connectivity index (χ1n) is 8.07. The molecule has 0 atom stereocenters. The number of benzene rings is 2. The molecule has 3 aromatic carbocycles. The zero-order valence-electron chi connectivity index (χ0n) is 14.4. The molecular formula is C20H17NO5. The first-order valence-corrected chi connectivity index (χ1v) is 8.07. The molecule has 0 amide bonds. The summed E-state index contributed by atoms with van der Waals surface area (Å²) < 4.78 is 10.0. The molecule has 1 N–H and O–H groups in total. The Morgan fingerprint density at radius 1 is 0.962 bits per heavy atom. The fourth-order valence-corrected chi connectivity index (χ4v) is 2.59. The fourth-order valence-electron chi connectivity index (χ4n) is 2.59. The van der Waals surface area contributed by atoms with Crippen molar-refractivity contribution in [3.8, 4) is 16.9 Å². The number of ether oxygens (including phenoxy) is 2. The zero-order chi connectivity index (χ0) is 18.7. The highest BCUT2D eigenvalue weighted by Crippen LogP contribution is 2.28. The van der Waals surface area contributed by atoms with Crippen molar-refractivity contribution in [3.05, 3.63) is 74.5 Å². The Morgan fingerprint density at radius 2 is 1.62 bits per heavy atom. The number of hydrogen-bond acceptors (Lipinski definition) is 6. The summed E-state index contributed by atoms with van der Waals surface area (Å²) in [4.78, 5) is 35.6. The molecular weight excluding hydrogens is 334 g/mol. The number of carbonyl (C=O) groups excluding carboxylic acids is 1. The Bertz CT molecular complexity index is 996. The van der Waals surface area contributed by atoms with Gasteiger partial charge in [-0.1, -0.05) is 12.1 Å². The summed E-state index contributed by atoms with van der Waals surface area (Å²) in [6, 6.07) is 13.4. The van der Waals surface area contributed by atoms with Gasteiger partial charge in [0.2, 0.25) is 5.43 Å². The standard InChI is InChI=1S/C20H17NO5/c1-3-26-20(24)13-4-8-14(9-5-13)21-17-16(18(22)19(17)23)12-6-10-15(25-2)11-7-12/h4-11,21H,3H2,1-2H3. The summed E-state index contributed by atoms with van der Waals surface area (Å²) in [7, 11) is 1.55. The van der Waals surface area contributed by atoms with Gasteiger partial charge in [-0.3, -0.25) is 9.59 Å². The second kappa shape index (κ2) is 7.23. The van der Waals surface area contributed by atoms with E-state index < -0.39 is 16.8 Å². The van der Waals surface area contributed by atoms with Crippen LogP contribution in [0.25, 0.3) is 11.1 Å². The van der Waals surface area contributed by atoms with Crippen LogP contribution < -0.4 is 20.9 Å². The van der Waals surface area contributed by atoms with Crippen LogP contribution in [0.3, 0.4) is 0 Å². The third-order valence-corrected chi connectivity index (χ3v) is 3.95. The van der Waals surface area contributed by atoms with Crippen LogP contribution in [-0.4, -0.2) is 19.7 Å². The van der Waals surface area contributed by atoms with E-state index in [0.717, 1.165) is 0 Å². The molecule has 0 aliphatic carbocycles. The highest BCUT2D eigenvalue weighted by Gasteiger charge is 2.22. The molecule has 0 saturated carbocycles. The SMILES string of the molecule is CCOC(=O)c1ccc(Nc2c(-c3ccc(OC)cc3)c(=O)c2=O)cc1. The Hall–Kier alpha value is -3.41. The van der Waals surface area contributed by atoms with Gasteiger partial charge in [0, 0.05) is 5.69 Å². The van der Waals surface area contributed by atoms with E-state index in [1.165, 1.54) is 0 Å². The largest absolute Gasteiger partial charge is 0.497 e. The maximum absolute atomic E-state index is 12.0. The summed E-state index contributed by atoms with van der Waals surface area (Å²) >= 11 is 0. The number of nitrogens with one attached hydrogen (secondary N) is 1. The maximum Gasteiger partial charge on any atom is 0.338 e. The molecule has 0 unspecified atom stereocenters. The van der Waals surface area contributed by atoms with Gasteiger partial charge >= 0.3 is 5.97 Å². The predicted molar refractivity (Wildman–Crippen MR) is 99.0 cm³/mol. The minimum absolute atomic E-state index is 0.240. The molecule has 0 spiro atoms. The third-order valence-electron chi connectivity index (χ3n) is 3.95. The van der Waals surface area contributed by atoms with Gasteiger partial charge < -0.3 is 14.8 Å². The lowest BCUT2D eigenvalue weighted by Crippen LogP contribution is -2.35. The Balaban J connectivity index is 1.85. The van der Waals surface area contributed by atoms with Gasteiger partial charge in [-0.05, 0) is 48.9 Å².